The number of urea groups is 1. The zero-order valence-electron chi connectivity index (χ0n) is 17.0. The van der Waals surface area contributed by atoms with E-state index in [9.17, 15) is 13.2 Å². The summed E-state index contributed by atoms with van der Waals surface area (Å²) in [6.07, 6.45) is 0. The molecule has 7 nitrogen and oxygen atoms in total. The van der Waals surface area contributed by atoms with Crippen molar-refractivity contribution in [3.63, 3.8) is 0 Å². The van der Waals surface area contributed by atoms with Crippen LogP contribution in [0.2, 0.25) is 0 Å². The van der Waals surface area contributed by atoms with Crippen molar-refractivity contribution in [3.05, 3.63) is 59.2 Å². The lowest BCUT2D eigenvalue weighted by molar-refractivity contribution is 0.162. The summed E-state index contributed by atoms with van der Waals surface area (Å²) in [6, 6.07) is 12.3. The number of aryl methyl sites for hydroxylation is 2. The number of carbonyl (C=O) groups excluding carboxylic acids is 1. The molecular weight excluding hydrogens is 390 g/mol. The zero-order chi connectivity index (χ0) is 21.0. The van der Waals surface area contributed by atoms with Gasteiger partial charge < -0.3 is 15.0 Å². The Hall–Kier alpha value is -2.58. The van der Waals surface area contributed by atoms with Crippen LogP contribution in [0.25, 0.3) is 0 Å². The number of benzene rings is 2. The Morgan fingerprint density at radius 2 is 1.66 bits per heavy atom. The minimum atomic E-state index is -3.54. The Labute approximate surface area is 172 Å². The molecule has 0 saturated carbocycles. The van der Waals surface area contributed by atoms with Crippen molar-refractivity contribution in [1.29, 1.82) is 0 Å². The van der Waals surface area contributed by atoms with Crippen LogP contribution in [0.3, 0.4) is 0 Å². The Kier molecular flexibility index (Phi) is 6.44. The predicted octanol–water partition coefficient (Wildman–Crippen LogP) is 2.66. The third-order valence-electron chi connectivity index (χ3n) is 5.19. The average molecular weight is 418 g/mol. The van der Waals surface area contributed by atoms with Gasteiger partial charge in [-0.1, -0.05) is 29.8 Å². The maximum atomic E-state index is 12.8. The first-order chi connectivity index (χ1) is 13.8. The lowest BCUT2D eigenvalue weighted by atomic mass is 10.1. The fraction of sp³-hybridized carbons (Fsp3) is 0.381. The molecule has 8 heteroatoms. The molecule has 2 aromatic carbocycles. The molecule has 0 aromatic heterocycles. The van der Waals surface area contributed by atoms with Gasteiger partial charge in [0.15, 0.2) is 6.73 Å². The molecule has 29 heavy (non-hydrogen) atoms. The molecule has 156 valence electrons. The number of nitrogens with zero attached hydrogens (tertiary/aromatic N) is 2. The second kappa shape index (κ2) is 8.84. The van der Waals surface area contributed by atoms with E-state index >= 15 is 0 Å². The number of nitrogens with one attached hydrogen (secondary N) is 1. The molecule has 0 spiro atoms. The van der Waals surface area contributed by atoms with Gasteiger partial charge in [0.25, 0.3) is 0 Å². The second-order valence-electron chi connectivity index (χ2n) is 7.17. The van der Waals surface area contributed by atoms with E-state index < -0.39 is 10.0 Å². The van der Waals surface area contributed by atoms with E-state index in [1.165, 1.54) is 4.31 Å². The summed E-state index contributed by atoms with van der Waals surface area (Å²) in [6.45, 7) is 7.15. The van der Waals surface area contributed by atoms with Gasteiger partial charge >= 0.3 is 6.03 Å². The van der Waals surface area contributed by atoms with Crippen LogP contribution in [0.15, 0.2) is 47.4 Å². The fourth-order valence-electron chi connectivity index (χ4n) is 3.16. The Morgan fingerprint density at radius 1 is 1.00 bits per heavy atom. The molecule has 0 aliphatic carbocycles. The first-order valence-corrected chi connectivity index (χ1v) is 11.0. The summed E-state index contributed by atoms with van der Waals surface area (Å²) < 4.78 is 32.6. The maximum absolute atomic E-state index is 12.8. The fourth-order valence-corrected chi connectivity index (χ4v) is 4.58. The molecule has 1 N–H and O–H groups in total. The van der Waals surface area contributed by atoms with Crippen molar-refractivity contribution >= 4 is 16.1 Å². The summed E-state index contributed by atoms with van der Waals surface area (Å²) in [5, 5.41) is 2.74. The van der Waals surface area contributed by atoms with Crippen LogP contribution in [0.4, 0.5) is 4.79 Å². The van der Waals surface area contributed by atoms with Gasteiger partial charge in [0.2, 0.25) is 10.0 Å². The summed E-state index contributed by atoms with van der Waals surface area (Å²) in [5.74, 6) is 0.735. The summed E-state index contributed by atoms with van der Waals surface area (Å²) in [7, 11) is -3.54. The van der Waals surface area contributed by atoms with E-state index in [1.807, 2.05) is 39.0 Å². The third kappa shape index (κ3) is 4.89. The van der Waals surface area contributed by atoms with E-state index in [0.717, 1.165) is 22.4 Å². The van der Waals surface area contributed by atoms with Gasteiger partial charge in [-0.15, -0.1) is 0 Å². The first-order valence-electron chi connectivity index (χ1n) is 9.57. The maximum Gasteiger partial charge on any atom is 0.320 e. The number of carbonyl (C=O) groups is 1. The molecule has 0 radical (unpaired) electrons. The molecule has 0 unspecified atom stereocenters. The van der Waals surface area contributed by atoms with Gasteiger partial charge in [0.05, 0.1) is 4.90 Å². The van der Waals surface area contributed by atoms with Crippen LogP contribution in [0.5, 0.6) is 5.75 Å². The van der Waals surface area contributed by atoms with E-state index in [2.05, 4.69) is 5.32 Å². The average Bonchev–Trinajstić information content (AvgIpc) is 2.71. The van der Waals surface area contributed by atoms with Crippen LogP contribution in [0, 0.1) is 20.8 Å². The summed E-state index contributed by atoms with van der Waals surface area (Å²) >= 11 is 0. The highest BCUT2D eigenvalue weighted by atomic mass is 32.2. The van der Waals surface area contributed by atoms with Gasteiger partial charge in [-0.3, -0.25) is 0 Å². The first kappa shape index (κ1) is 21.1. The monoisotopic (exact) mass is 417 g/mol. The molecule has 1 fully saturated rings. The van der Waals surface area contributed by atoms with Crippen LogP contribution >= 0.6 is 0 Å². The number of sulfonamides is 1. The molecule has 1 aliphatic heterocycles. The molecule has 0 atom stereocenters. The standard InChI is InChI=1S/C21H27N3O4S/c1-16-7-9-19(10-8-16)29(26,27)24-13-11-23(12-14-24)21(25)22-15-28-20-6-4-5-17(2)18(20)3/h4-10H,11-15H2,1-3H3,(H,22,25). The number of piperazine rings is 1. The Balaban J connectivity index is 1.50. The van der Waals surface area contributed by atoms with Crippen molar-refractivity contribution in [2.24, 2.45) is 0 Å². The highest BCUT2D eigenvalue weighted by molar-refractivity contribution is 7.89. The molecule has 3 rings (SSSR count). The minimum Gasteiger partial charge on any atom is -0.473 e. The van der Waals surface area contributed by atoms with Crippen molar-refractivity contribution < 1.29 is 17.9 Å². The normalized spacial score (nSPS) is 15.2. The molecule has 1 aliphatic rings. The van der Waals surface area contributed by atoms with E-state index in [4.69, 9.17) is 4.74 Å². The van der Waals surface area contributed by atoms with E-state index in [0.29, 0.717) is 13.1 Å². The molecule has 2 aromatic rings. The smallest absolute Gasteiger partial charge is 0.320 e. The molecular formula is C21H27N3O4S. The topological polar surface area (TPSA) is 79.0 Å². The lowest BCUT2D eigenvalue weighted by Crippen LogP contribution is -2.53. The zero-order valence-corrected chi connectivity index (χ0v) is 17.8. The largest absolute Gasteiger partial charge is 0.473 e. The SMILES string of the molecule is Cc1ccc(S(=O)(=O)N2CCN(C(=O)NCOc3cccc(C)c3C)CC2)cc1. The Bertz CT molecular complexity index is 966. The number of ether oxygens (including phenoxy) is 1. The second-order valence-corrected chi connectivity index (χ2v) is 9.11. The van der Waals surface area contributed by atoms with Crippen molar-refractivity contribution in [1.82, 2.24) is 14.5 Å². The van der Waals surface area contributed by atoms with Gasteiger partial charge in [-0.25, -0.2) is 13.2 Å². The van der Waals surface area contributed by atoms with Gasteiger partial charge in [0.1, 0.15) is 5.75 Å². The molecule has 1 heterocycles. The van der Waals surface area contributed by atoms with Crippen LogP contribution in [-0.2, 0) is 10.0 Å². The highest BCUT2D eigenvalue weighted by Crippen LogP contribution is 2.20. The molecule has 0 bridgehead atoms. The van der Waals surface area contributed by atoms with Gasteiger partial charge in [-0.2, -0.15) is 4.31 Å². The predicted molar refractivity (Wildman–Crippen MR) is 111 cm³/mol. The van der Waals surface area contributed by atoms with Crippen LogP contribution in [-0.4, -0.2) is 56.6 Å². The van der Waals surface area contributed by atoms with Crippen LogP contribution < -0.4 is 10.1 Å². The molecule has 1 saturated heterocycles. The summed E-state index contributed by atoms with van der Waals surface area (Å²) in [4.78, 5) is 14.3. The quantitative estimate of drug-likeness (QED) is 0.759. The number of rotatable bonds is 5. The number of hydrogen-bond acceptors (Lipinski definition) is 4. The van der Waals surface area contributed by atoms with E-state index in [-0.39, 0.29) is 30.7 Å². The molecule has 2 amide bonds. The summed E-state index contributed by atoms with van der Waals surface area (Å²) in [5.41, 5.74) is 3.17. The van der Waals surface area contributed by atoms with Crippen molar-refractivity contribution in [2.45, 2.75) is 25.7 Å². The highest BCUT2D eigenvalue weighted by Gasteiger charge is 2.30. The van der Waals surface area contributed by atoms with Gasteiger partial charge in [-0.05, 0) is 50.1 Å². The van der Waals surface area contributed by atoms with E-state index in [1.54, 1.807) is 29.2 Å². The van der Waals surface area contributed by atoms with Gasteiger partial charge in [0, 0.05) is 26.2 Å². The third-order valence-corrected chi connectivity index (χ3v) is 7.10. The van der Waals surface area contributed by atoms with Crippen molar-refractivity contribution in [3.8, 4) is 5.75 Å². The number of hydrogen-bond donors (Lipinski definition) is 1. The lowest BCUT2D eigenvalue weighted by Gasteiger charge is -2.34. The number of amides is 2. The minimum absolute atomic E-state index is 0.0605. The Morgan fingerprint density at radius 3 is 2.31 bits per heavy atom. The van der Waals surface area contributed by atoms with Crippen LogP contribution in [0.1, 0.15) is 16.7 Å². The van der Waals surface area contributed by atoms with Crippen molar-refractivity contribution in [2.75, 3.05) is 32.9 Å².